The summed E-state index contributed by atoms with van der Waals surface area (Å²) < 4.78 is 0. The number of carbonyl (C=O) groups excluding carboxylic acids is 1. The van der Waals surface area contributed by atoms with Crippen molar-refractivity contribution < 1.29 is 4.79 Å². The molecule has 0 spiro atoms. The third-order valence-corrected chi connectivity index (χ3v) is 2.04. The van der Waals surface area contributed by atoms with E-state index in [2.05, 4.69) is 6.58 Å². The quantitative estimate of drug-likeness (QED) is 0.497. The third-order valence-electron chi connectivity index (χ3n) is 2.04. The highest BCUT2D eigenvalue weighted by atomic mass is 16.2. The summed E-state index contributed by atoms with van der Waals surface area (Å²) in [6.07, 6.45) is 0.659. The molecule has 1 heterocycles. The predicted octanol–water partition coefficient (Wildman–Crippen LogP) is 1.04. The van der Waals surface area contributed by atoms with Crippen LogP contribution < -0.4 is 0 Å². The number of rotatable bonds is 1. The fourth-order valence-electron chi connectivity index (χ4n) is 1.19. The topological polar surface area (TPSA) is 20.3 Å². The molecular weight excluding hydrogens is 126 g/mol. The van der Waals surface area contributed by atoms with E-state index in [1.54, 1.807) is 4.90 Å². The molecular formula is C8H13NO. The summed E-state index contributed by atoms with van der Waals surface area (Å²) in [6, 6.07) is 0. The molecule has 1 atom stereocenters. The Morgan fingerprint density at radius 1 is 1.80 bits per heavy atom. The van der Waals surface area contributed by atoms with Gasteiger partial charge in [0.1, 0.15) is 0 Å². The Morgan fingerprint density at radius 3 is 2.60 bits per heavy atom. The van der Waals surface area contributed by atoms with Gasteiger partial charge in [-0.05, 0) is 6.92 Å². The summed E-state index contributed by atoms with van der Waals surface area (Å²) in [4.78, 5) is 12.7. The lowest BCUT2D eigenvalue weighted by molar-refractivity contribution is -0.126. The summed E-state index contributed by atoms with van der Waals surface area (Å²) >= 11 is 0. The molecule has 1 saturated heterocycles. The van der Waals surface area contributed by atoms with Gasteiger partial charge in [0.2, 0.25) is 5.91 Å². The second kappa shape index (κ2) is 2.45. The summed E-state index contributed by atoms with van der Waals surface area (Å²) in [7, 11) is 1.84. The van der Waals surface area contributed by atoms with Crippen molar-refractivity contribution in [1.29, 1.82) is 0 Å². The van der Waals surface area contributed by atoms with E-state index < -0.39 is 0 Å². The Labute approximate surface area is 61.5 Å². The zero-order chi connectivity index (χ0) is 7.72. The second-order valence-corrected chi connectivity index (χ2v) is 3.02. The molecule has 0 aromatic rings. The summed E-state index contributed by atoms with van der Waals surface area (Å²) in [5.41, 5.74) is 1.12. The maximum Gasteiger partial charge on any atom is 0.222 e. The summed E-state index contributed by atoms with van der Waals surface area (Å²) in [5, 5.41) is 0. The van der Waals surface area contributed by atoms with E-state index in [9.17, 15) is 4.79 Å². The molecule has 0 aromatic heterocycles. The molecule has 1 amide bonds. The molecule has 1 unspecified atom stereocenters. The van der Waals surface area contributed by atoms with Crippen LogP contribution in [-0.2, 0) is 4.79 Å². The van der Waals surface area contributed by atoms with Crippen molar-refractivity contribution in [2.75, 3.05) is 13.6 Å². The van der Waals surface area contributed by atoms with Crippen LogP contribution in [0.15, 0.2) is 12.2 Å². The third kappa shape index (κ3) is 1.20. The zero-order valence-electron chi connectivity index (χ0n) is 6.55. The molecule has 2 heteroatoms. The second-order valence-electron chi connectivity index (χ2n) is 3.02. The van der Waals surface area contributed by atoms with Gasteiger partial charge in [0.25, 0.3) is 0 Å². The van der Waals surface area contributed by atoms with Gasteiger partial charge in [0, 0.05) is 25.9 Å². The smallest absolute Gasteiger partial charge is 0.222 e. The SMILES string of the molecule is C=C(C)C1CC(=O)N(C)C1. The van der Waals surface area contributed by atoms with E-state index in [4.69, 9.17) is 0 Å². The average Bonchev–Trinajstić information content (AvgIpc) is 2.13. The Bertz CT molecular complexity index is 174. The number of nitrogens with zero attached hydrogens (tertiary/aromatic N) is 1. The van der Waals surface area contributed by atoms with Crippen molar-refractivity contribution >= 4 is 5.91 Å². The molecule has 0 N–H and O–H groups in total. The Morgan fingerprint density at radius 2 is 2.40 bits per heavy atom. The van der Waals surface area contributed by atoms with Gasteiger partial charge in [-0.1, -0.05) is 12.2 Å². The minimum Gasteiger partial charge on any atom is -0.345 e. The van der Waals surface area contributed by atoms with Gasteiger partial charge in [-0.25, -0.2) is 0 Å². The Balaban J connectivity index is 2.57. The van der Waals surface area contributed by atoms with Gasteiger partial charge in [-0.3, -0.25) is 4.79 Å². The van der Waals surface area contributed by atoms with Crippen LogP contribution in [0.2, 0.25) is 0 Å². The van der Waals surface area contributed by atoms with Crippen LogP contribution in [0.1, 0.15) is 13.3 Å². The first kappa shape index (κ1) is 7.32. The van der Waals surface area contributed by atoms with Gasteiger partial charge in [0.05, 0.1) is 0 Å². The summed E-state index contributed by atoms with van der Waals surface area (Å²) in [6.45, 7) is 6.67. The molecule has 1 aliphatic rings. The van der Waals surface area contributed by atoms with Crippen molar-refractivity contribution in [2.45, 2.75) is 13.3 Å². The maximum atomic E-state index is 11.0. The minimum atomic E-state index is 0.244. The molecule has 0 aliphatic carbocycles. The van der Waals surface area contributed by atoms with Crippen LogP contribution in [0.5, 0.6) is 0 Å². The molecule has 1 aliphatic heterocycles. The van der Waals surface area contributed by atoms with Crippen molar-refractivity contribution in [3.8, 4) is 0 Å². The van der Waals surface area contributed by atoms with Crippen molar-refractivity contribution in [3.63, 3.8) is 0 Å². The van der Waals surface area contributed by atoms with Gasteiger partial charge < -0.3 is 4.90 Å². The van der Waals surface area contributed by atoms with Crippen molar-refractivity contribution in [3.05, 3.63) is 12.2 Å². The van der Waals surface area contributed by atoms with Crippen LogP contribution in [0.4, 0.5) is 0 Å². The average molecular weight is 139 g/mol. The first-order valence-corrected chi connectivity index (χ1v) is 3.50. The van der Waals surface area contributed by atoms with Gasteiger partial charge >= 0.3 is 0 Å². The molecule has 1 fully saturated rings. The largest absolute Gasteiger partial charge is 0.345 e. The van der Waals surface area contributed by atoms with Crippen LogP contribution in [-0.4, -0.2) is 24.4 Å². The van der Waals surface area contributed by atoms with Crippen molar-refractivity contribution in [2.24, 2.45) is 5.92 Å². The molecule has 10 heavy (non-hydrogen) atoms. The lowest BCUT2D eigenvalue weighted by Crippen LogP contribution is -2.19. The fraction of sp³-hybridized carbons (Fsp3) is 0.625. The first-order chi connectivity index (χ1) is 4.61. The number of hydrogen-bond acceptors (Lipinski definition) is 1. The highest BCUT2D eigenvalue weighted by Gasteiger charge is 2.26. The predicted molar refractivity (Wildman–Crippen MR) is 40.6 cm³/mol. The fourth-order valence-corrected chi connectivity index (χ4v) is 1.19. The molecule has 0 bridgehead atoms. The number of carbonyl (C=O) groups is 1. The number of likely N-dealkylation sites (tertiary alicyclic amines) is 1. The number of hydrogen-bond donors (Lipinski definition) is 0. The Hall–Kier alpha value is -0.790. The van der Waals surface area contributed by atoms with E-state index >= 15 is 0 Å². The summed E-state index contributed by atoms with van der Waals surface area (Å²) in [5.74, 6) is 0.644. The van der Waals surface area contributed by atoms with Gasteiger partial charge in [0.15, 0.2) is 0 Å². The van der Waals surface area contributed by atoms with E-state index in [1.807, 2.05) is 14.0 Å². The molecule has 1 rings (SSSR count). The molecule has 0 aromatic carbocycles. The van der Waals surface area contributed by atoms with Crippen LogP contribution >= 0.6 is 0 Å². The van der Waals surface area contributed by atoms with Gasteiger partial charge in [-0.15, -0.1) is 0 Å². The van der Waals surface area contributed by atoms with Crippen LogP contribution in [0.3, 0.4) is 0 Å². The van der Waals surface area contributed by atoms with Crippen LogP contribution in [0, 0.1) is 5.92 Å². The lowest BCUT2D eigenvalue weighted by atomic mass is 10.0. The van der Waals surface area contributed by atoms with E-state index in [0.29, 0.717) is 12.3 Å². The van der Waals surface area contributed by atoms with E-state index in [-0.39, 0.29) is 5.91 Å². The normalized spacial score (nSPS) is 25.6. The molecule has 0 radical (unpaired) electrons. The highest BCUT2D eigenvalue weighted by molar-refractivity contribution is 5.78. The standard InChI is InChI=1S/C8H13NO/c1-6(2)7-4-8(10)9(3)5-7/h7H,1,4-5H2,2-3H3. The van der Waals surface area contributed by atoms with Crippen LogP contribution in [0.25, 0.3) is 0 Å². The monoisotopic (exact) mass is 139 g/mol. The van der Waals surface area contributed by atoms with Gasteiger partial charge in [-0.2, -0.15) is 0 Å². The number of amides is 1. The molecule has 0 saturated carbocycles. The molecule has 56 valence electrons. The maximum absolute atomic E-state index is 11.0. The lowest BCUT2D eigenvalue weighted by Gasteiger charge is -2.08. The minimum absolute atomic E-state index is 0.244. The zero-order valence-corrected chi connectivity index (χ0v) is 6.55. The van der Waals surface area contributed by atoms with Crippen molar-refractivity contribution in [1.82, 2.24) is 4.90 Å². The molecule has 2 nitrogen and oxygen atoms in total. The highest BCUT2D eigenvalue weighted by Crippen LogP contribution is 2.21. The Kier molecular flexibility index (Phi) is 1.79. The first-order valence-electron chi connectivity index (χ1n) is 3.50. The van der Waals surface area contributed by atoms with E-state index in [1.165, 1.54) is 0 Å². The van der Waals surface area contributed by atoms with E-state index in [0.717, 1.165) is 12.1 Å².